The molecule has 0 fully saturated rings. The normalized spacial score (nSPS) is 19.6. The van der Waals surface area contributed by atoms with E-state index in [1.165, 1.54) is 0 Å². The molecule has 1 amide bonds. The molecular formula is C21H22N2O6S. The van der Waals surface area contributed by atoms with Gasteiger partial charge in [-0.1, -0.05) is 42.5 Å². The number of hydrogen-bond donors (Lipinski definition) is 3. The molecule has 3 N–H and O–H groups in total. The second-order valence-electron chi connectivity index (χ2n) is 6.93. The number of carboxylic acid groups (broad SMARTS) is 2. The Morgan fingerprint density at radius 1 is 1.10 bits per heavy atom. The molecule has 3 atom stereocenters. The molecule has 1 aliphatic rings. The van der Waals surface area contributed by atoms with Crippen molar-refractivity contribution in [1.29, 1.82) is 0 Å². The minimum Gasteiger partial charge on any atom is -0.480 e. The SMILES string of the molecule is O=C(O)CN1C(=O)C(NC(CCc2ccccc2)C(=O)O)CS(=O)c2ccccc21. The molecule has 2 aromatic carbocycles. The van der Waals surface area contributed by atoms with Gasteiger partial charge < -0.3 is 10.2 Å². The fraction of sp³-hybridized carbons (Fsp3) is 0.286. The molecule has 0 aliphatic carbocycles. The largest absolute Gasteiger partial charge is 0.480 e. The van der Waals surface area contributed by atoms with E-state index in [1.54, 1.807) is 24.3 Å². The third-order valence-electron chi connectivity index (χ3n) is 4.84. The number of anilines is 1. The van der Waals surface area contributed by atoms with Gasteiger partial charge in [-0.2, -0.15) is 0 Å². The number of fused-ring (bicyclic) bond motifs is 1. The van der Waals surface area contributed by atoms with E-state index in [1.807, 2.05) is 30.3 Å². The van der Waals surface area contributed by atoms with Crippen molar-refractivity contribution in [3.05, 3.63) is 60.2 Å². The lowest BCUT2D eigenvalue weighted by atomic mass is 10.0. The van der Waals surface area contributed by atoms with Gasteiger partial charge in [0.05, 0.1) is 33.2 Å². The molecule has 0 aromatic heterocycles. The van der Waals surface area contributed by atoms with Gasteiger partial charge in [0.15, 0.2) is 0 Å². The van der Waals surface area contributed by atoms with Crippen molar-refractivity contribution in [2.75, 3.05) is 17.2 Å². The number of rotatable bonds is 8. The fourth-order valence-electron chi connectivity index (χ4n) is 3.39. The van der Waals surface area contributed by atoms with E-state index in [0.717, 1.165) is 10.5 Å². The maximum Gasteiger partial charge on any atom is 0.323 e. The van der Waals surface area contributed by atoms with Crippen LogP contribution in [0.4, 0.5) is 5.69 Å². The number of aliphatic carboxylic acids is 2. The standard InChI is InChI=1S/C21H22N2O6S/c24-19(25)12-23-17-8-4-5-9-18(17)30(29)13-16(20(23)26)22-15(21(27)28)11-10-14-6-2-1-3-7-14/h1-9,15-16,22H,10-13H2,(H,24,25)(H,27,28). The summed E-state index contributed by atoms with van der Waals surface area (Å²) in [5.74, 6) is -3.10. The van der Waals surface area contributed by atoms with E-state index >= 15 is 0 Å². The molecule has 0 spiro atoms. The van der Waals surface area contributed by atoms with Crippen LogP contribution >= 0.6 is 0 Å². The Morgan fingerprint density at radius 3 is 2.43 bits per heavy atom. The molecule has 0 radical (unpaired) electrons. The number of nitrogens with one attached hydrogen (secondary N) is 1. The number of hydrogen-bond acceptors (Lipinski definition) is 5. The Labute approximate surface area is 176 Å². The second-order valence-corrected chi connectivity index (χ2v) is 8.40. The van der Waals surface area contributed by atoms with Gasteiger partial charge >= 0.3 is 11.9 Å². The smallest absolute Gasteiger partial charge is 0.323 e. The van der Waals surface area contributed by atoms with Crippen molar-refractivity contribution in [3.8, 4) is 0 Å². The van der Waals surface area contributed by atoms with Crippen LogP contribution in [0, 0.1) is 0 Å². The number of benzene rings is 2. The van der Waals surface area contributed by atoms with Crippen molar-refractivity contribution in [3.63, 3.8) is 0 Å². The Bertz CT molecular complexity index is 965. The van der Waals surface area contributed by atoms with E-state index < -0.39 is 47.3 Å². The zero-order valence-corrected chi connectivity index (χ0v) is 16.9. The highest BCUT2D eigenvalue weighted by molar-refractivity contribution is 7.85. The maximum atomic E-state index is 13.1. The molecule has 0 saturated carbocycles. The summed E-state index contributed by atoms with van der Waals surface area (Å²) in [6.07, 6.45) is 0.704. The first kappa shape index (κ1) is 21.7. The lowest BCUT2D eigenvalue weighted by Gasteiger charge is -2.26. The van der Waals surface area contributed by atoms with E-state index in [-0.39, 0.29) is 17.9 Å². The third kappa shape index (κ3) is 5.11. The van der Waals surface area contributed by atoms with Crippen molar-refractivity contribution in [1.82, 2.24) is 5.32 Å². The summed E-state index contributed by atoms with van der Waals surface area (Å²) >= 11 is 0. The van der Waals surface area contributed by atoms with Gasteiger partial charge in [0.1, 0.15) is 12.6 Å². The van der Waals surface area contributed by atoms with Crippen LogP contribution in [0.15, 0.2) is 59.5 Å². The van der Waals surface area contributed by atoms with Crippen LogP contribution < -0.4 is 10.2 Å². The summed E-state index contributed by atoms with van der Waals surface area (Å²) in [7, 11) is -1.60. The predicted molar refractivity (Wildman–Crippen MR) is 111 cm³/mol. The van der Waals surface area contributed by atoms with E-state index in [0.29, 0.717) is 11.3 Å². The van der Waals surface area contributed by atoms with Gasteiger partial charge in [-0.15, -0.1) is 0 Å². The zero-order valence-electron chi connectivity index (χ0n) is 16.1. The Kier molecular flexibility index (Phi) is 6.96. The van der Waals surface area contributed by atoms with E-state index in [9.17, 15) is 28.8 Å². The Hall–Kier alpha value is -3.04. The number of nitrogens with zero attached hydrogens (tertiary/aromatic N) is 1. The van der Waals surface area contributed by atoms with Crippen LogP contribution in [-0.2, 0) is 31.6 Å². The molecule has 2 aromatic rings. The molecule has 3 rings (SSSR count). The summed E-state index contributed by atoms with van der Waals surface area (Å²) in [6, 6.07) is 13.6. The van der Waals surface area contributed by atoms with Crippen molar-refractivity contribution < 1.29 is 28.8 Å². The fourth-order valence-corrected chi connectivity index (χ4v) is 4.75. The first-order chi connectivity index (χ1) is 14.4. The maximum absolute atomic E-state index is 13.1. The highest BCUT2D eigenvalue weighted by Gasteiger charge is 2.36. The van der Waals surface area contributed by atoms with Crippen molar-refractivity contribution in [2.45, 2.75) is 29.8 Å². The number of para-hydroxylation sites is 1. The van der Waals surface area contributed by atoms with Gasteiger partial charge in [0.25, 0.3) is 0 Å². The summed E-state index contributed by atoms with van der Waals surface area (Å²) in [5, 5.41) is 21.7. The van der Waals surface area contributed by atoms with Gasteiger partial charge in [0, 0.05) is 0 Å². The molecule has 30 heavy (non-hydrogen) atoms. The molecule has 1 heterocycles. The summed E-state index contributed by atoms with van der Waals surface area (Å²) in [4.78, 5) is 37.6. The average molecular weight is 430 g/mol. The Balaban J connectivity index is 1.83. The second kappa shape index (κ2) is 9.64. The first-order valence-electron chi connectivity index (χ1n) is 9.40. The van der Waals surface area contributed by atoms with E-state index in [4.69, 9.17) is 0 Å². The molecular weight excluding hydrogens is 408 g/mol. The monoisotopic (exact) mass is 430 g/mol. The zero-order chi connectivity index (χ0) is 21.7. The first-order valence-corrected chi connectivity index (χ1v) is 10.7. The number of aryl methyl sites for hydroxylation is 1. The summed E-state index contributed by atoms with van der Waals surface area (Å²) in [6.45, 7) is -0.604. The van der Waals surface area contributed by atoms with Crippen LogP contribution in [0.3, 0.4) is 0 Å². The lowest BCUT2D eigenvalue weighted by Crippen LogP contribution is -2.54. The number of carboxylic acids is 2. The number of carbonyl (C=O) groups excluding carboxylic acids is 1. The lowest BCUT2D eigenvalue weighted by molar-refractivity contribution is -0.140. The van der Waals surface area contributed by atoms with Crippen LogP contribution in [0.1, 0.15) is 12.0 Å². The van der Waals surface area contributed by atoms with Crippen LogP contribution in [0.2, 0.25) is 0 Å². The van der Waals surface area contributed by atoms with Crippen LogP contribution in [0.25, 0.3) is 0 Å². The Morgan fingerprint density at radius 2 is 1.77 bits per heavy atom. The van der Waals surface area contributed by atoms with Crippen LogP contribution in [0.5, 0.6) is 0 Å². The average Bonchev–Trinajstić information content (AvgIpc) is 2.82. The highest BCUT2D eigenvalue weighted by atomic mass is 32.2. The number of carbonyl (C=O) groups is 3. The van der Waals surface area contributed by atoms with Gasteiger partial charge in [-0.05, 0) is 30.5 Å². The molecule has 158 valence electrons. The summed E-state index contributed by atoms with van der Waals surface area (Å²) < 4.78 is 12.8. The molecule has 1 aliphatic heterocycles. The van der Waals surface area contributed by atoms with Crippen molar-refractivity contribution in [2.24, 2.45) is 0 Å². The van der Waals surface area contributed by atoms with Gasteiger partial charge in [-0.3, -0.25) is 28.8 Å². The van der Waals surface area contributed by atoms with Gasteiger partial charge in [0.2, 0.25) is 5.91 Å². The summed E-state index contributed by atoms with van der Waals surface area (Å²) in [5.41, 5.74) is 1.23. The van der Waals surface area contributed by atoms with Crippen molar-refractivity contribution >= 4 is 34.3 Å². The third-order valence-corrected chi connectivity index (χ3v) is 6.31. The molecule has 3 unspecified atom stereocenters. The minimum absolute atomic E-state index is 0.138. The quantitative estimate of drug-likeness (QED) is 0.576. The molecule has 9 heteroatoms. The van der Waals surface area contributed by atoms with E-state index in [2.05, 4.69) is 5.32 Å². The molecule has 0 bridgehead atoms. The predicted octanol–water partition coefficient (Wildman–Crippen LogP) is 1.27. The highest BCUT2D eigenvalue weighted by Crippen LogP contribution is 2.28. The minimum atomic E-state index is -1.60. The van der Waals surface area contributed by atoms with Gasteiger partial charge in [-0.25, -0.2) is 0 Å². The van der Waals surface area contributed by atoms with Crippen LogP contribution in [-0.4, -0.2) is 56.6 Å². The topological polar surface area (TPSA) is 124 Å². The molecule has 0 saturated heterocycles. The molecule has 8 nitrogen and oxygen atoms in total. The number of amides is 1.